The Morgan fingerprint density at radius 3 is 2.75 bits per heavy atom. The molecule has 0 radical (unpaired) electrons. The van der Waals surface area contributed by atoms with Crippen LogP contribution in [0.3, 0.4) is 0 Å². The van der Waals surface area contributed by atoms with Crippen molar-refractivity contribution in [3.63, 3.8) is 0 Å². The van der Waals surface area contributed by atoms with E-state index in [1.807, 2.05) is 20.9 Å². The van der Waals surface area contributed by atoms with Crippen LogP contribution in [0.2, 0.25) is 0 Å². The fourth-order valence-corrected chi connectivity index (χ4v) is 3.23. The third-order valence-corrected chi connectivity index (χ3v) is 5.01. The van der Waals surface area contributed by atoms with Crippen LogP contribution in [0.15, 0.2) is 40.9 Å². The van der Waals surface area contributed by atoms with Crippen molar-refractivity contribution in [1.82, 2.24) is 24.6 Å². The largest absolute Gasteiger partial charge is 0.345 e. The van der Waals surface area contributed by atoms with Gasteiger partial charge in [-0.25, -0.2) is 4.98 Å². The van der Waals surface area contributed by atoms with Gasteiger partial charge in [0.2, 0.25) is 5.91 Å². The summed E-state index contributed by atoms with van der Waals surface area (Å²) in [5.74, 6) is -0.737. The standard InChI is InChI=1S/C18H20N6O3S/c1-11(14-8-20-23(3)12(14)2)21-17(27)13-4-5-16(26)24(9-13)10-15(25)22-18-19-6-7-28-18/h4-9,11H,10H2,1-3H3,(H,21,27)(H,19,22,25)/t11-/m1/s1. The van der Waals surface area contributed by atoms with E-state index in [0.29, 0.717) is 5.13 Å². The lowest BCUT2D eigenvalue weighted by Crippen LogP contribution is -2.31. The summed E-state index contributed by atoms with van der Waals surface area (Å²) in [4.78, 5) is 40.7. The summed E-state index contributed by atoms with van der Waals surface area (Å²) in [7, 11) is 1.83. The van der Waals surface area contributed by atoms with E-state index in [4.69, 9.17) is 0 Å². The summed E-state index contributed by atoms with van der Waals surface area (Å²) < 4.78 is 2.93. The highest BCUT2D eigenvalue weighted by Crippen LogP contribution is 2.16. The first-order valence-corrected chi connectivity index (χ1v) is 9.42. The highest BCUT2D eigenvalue weighted by molar-refractivity contribution is 7.13. The summed E-state index contributed by atoms with van der Waals surface area (Å²) in [5.41, 5.74) is 1.78. The molecule has 0 aliphatic rings. The minimum absolute atomic E-state index is 0.212. The van der Waals surface area contributed by atoms with Crippen molar-refractivity contribution in [1.29, 1.82) is 0 Å². The first-order chi connectivity index (χ1) is 13.3. The fourth-order valence-electron chi connectivity index (χ4n) is 2.69. The Morgan fingerprint density at radius 2 is 2.11 bits per heavy atom. The number of amides is 2. The smallest absolute Gasteiger partial charge is 0.253 e. The van der Waals surface area contributed by atoms with E-state index >= 15 is 0 Å². The second kappa shape index (κ2) is 8.17. The van der Waals surface area contributed by atoms with Crippen LogP contribution in [-0.2, 0) is 18.4 Å². The number of rotatable bonds is 6. The Balaban J connectivity index is 1.71. The van der Waals surface area contributed by atoms with Gasteiger partial charge in [0.25, 0.3) is 11.5 Å². The number of anilines is 1. The average Bonchev–Trinajstić information content (AvgIpc) is 3.27. The molecular formula is C18H20N6O3S. The first kappa shape index (κ1) is 19.5. The molecule has 146 valence electrons. The van der Waals surface area contributed by atoms with Gasteiger partial charge >= 0.3 is 0 Å². The number of hydrogen-bond acceptors (Lipinski definition) is 6. The molecule has 3 rings (SSSR count). The van der Waals surface area contributed by atoms with Crippen molar-refractivity contribution < 1.29 is 9.59 Å². The maximum atomic E-state index is 12.6. The lowest BCUT2D eigenvalue weighted by Gasteiger charge is -2.14. The third-order valence-electron chi connectivity index (χ3n) is 4.33. The van der Waals surface area contributed by atoms with Gasteiger partial charge in [0.05, 0.1) is 17.8 Å². The van der Waals surface area contributed by atoms with Crippen molar-refractivity contribution >= 4 is 28.3 Å². The van der Waals surface area contributed by atoms with Gasteiger partial charge < -0.3 is 15.2 Å². The van der Waals surface area contributed by atoms with Crippen LogP contribution >= 0.6 is 11.3 Å². The maximum absolute atomic E-state index is 12.6. The number of aryl methyl sites for hydroxylation is 1. The van der Waals surface area contributed by atoms with Crippen molar-refractivity contribution in [3.05, 3.63) is 63.3 Å². The Bertz CT molecular complexity index is 1050. The normalized spacial score (nSPS) is 11.8. The van der Waals surface area contributed by atoms with E-state index < -0.39 is 5.91 Å². The Hall–Kier alpha value is -3.27. The Kier molecular flexibility index (Phi) is 5.69. The molecule has 0 bridgehead atoms. The van der Waals surface area contributed by atoms with Gasteiger partial charge in [-0.15, -0.1) is 11.3 Å². The van der Waals surface area contributed by atoms with Crippen LogP contribution in [0.1, 0.15) is 34.6 Å². The molecule has 0 spiro atoms. The molecule has 9 nitrogen and oxygen atoms in total. The molecule has 2 N–H and O–H groups in total. The summed E-state index contributed by atoms with van der Waals surface area (Å²) in [5, 5.41) is 11.9. The van der Waals surface area contributed by atoms with Gasteiger partial charge in [0.1, 0.15) is 6.54 Å². The maximum Gasteiger partial charge on any atom is 0.253 e. The molecule has 0 saturated heterocycles. The van der Waals surface area contributed by atoms with Crippen molar-refractivity contribution in [2.75, 3.05) is 5.32 Å². The molecule has 0 fully saturated rings. The molecule has 0 aromatic carbocycles. The lowest BCUT2D eigenvalue weighted by molar-refractivity contribution is -0.116. The monoisotopic (exact) mass is 400 g/mol. The van der Waals surface area contributed by atoms with Crippen LogP contribution in [0.4, 0.5) is 5.13 Å². The summed E-state index contributed by atoms with van der Waals surface area (Å²) >= 11 is 1.28. The van der Waals surface area contributed by atoms with E-state index in [-0.39, 0.29) is 29.6 Å². The summed E-state index contributed by atoms with van der Waals surface area (Å²) in [6.45, 7) is 3.57. The SMILES string of the molecule is Cc1c([C@@H](C)NC(=O)c2ccc(=O)n(CC(=O)Nc3nccs3)c2)cnn1C. The zero-order valence-corrected chi connectivity index (χ0v) is 16.5. The van der Waals surface area contributed by atoms with Crippen LogP contribution in [0.5, 0.6) is 0 Å². The van der Waals surface area contributed by atoms with E-state index in [2.05, 4.69) is 20.7 Å². The number of aromatic nitrogens is 4. The van der Waals surface area contributed by atoms with Crippen molar-refractivity contribution in [2.45, 2.75) is 26.4 Å². The lowest BCUT2D eigenvalue weighted by atomic mass is 10.1. The second-order valence-electron chi connectivity index (χ2n) is 6.27. The number of nitrogens with one attached hydrogen (secondary N) is 2. The number of carbonyl (C=O) groups is 2. The fraction of sp³-hybridized carbons (Fsp3) is 0.278. The van der Waals surface area contributed by atoms with E-state index in [0.717, 1.165) is 11.3 Å². The third kappa shape index (κ3) is 4.34. The zero-order valence-electron chi connectivity index (χ0n) is 15.7. The molecule has 0 saturated carbocycles. The number of hydrogen-bond donors (Lipinski definition) is 2. The topological polar surface area (TPSA) is 111 Å². The first-order valence-electron chi connectivity index (χ1n) is 8.54. The predicted octanol–water partition coefficient (Wildman–Crippen LogP) is 1.48. The minimum Gasteiger partial charge on any atom is -0.345 e. The van der Waals surface area contributed by atoms with Crippen LogP contribution < -0.4 is 16.2 Å². The van der Waals surface area contributed by atoms with Crippen LogP contribution in [0, 0.1) is 6.92 Å². The molecule has 28 heavy (non-hydrogen) atoms. The van der Waals surface area contributed by atoms with E-state index in [1.54, 1.807) is 22.5 Å². The highest BCUT2D eigenvalue weighted by atomic mass is 32.1. The molecule has 3 aromatic rings. The van der Waals surface area contributed by atoms with E-state index in [1.165, 1.54) is 34.2 Å². The number of thiazole rings is 1. The Labute approximate surface area is 165 Å². The van der Waals surface area contributed by atoms with Gasteiger partial charge in [-0.3, -0.25) is 19.1 Å². The molecule has 3 heterocycles. The molecule has 0 aliphatic heterocycles. The van der Waals surface area contributed by atoms with Crippen LogP contribution in [-0.4, -0.2) is 31.1 Å². The minimum atomic E-state index is -0.394. The molecule has 0 aliphatic carbocycles. The molecular weight excluding hydrogens is 380 g/mol. The van der Waals surface area contributed by atoms with Gasteiger partial charge in [0, 0.05) is 42.1 Å². The molecule has 2 amide bonds. The van der Waals surface area contributed by atoms with Gasteiger partial charge in [0.15, 0.2) is 5.13 Å². The number of carbonyl (C=O) groups excluding carboxylic acids is 2. The number of nitrogens with zero attached hydrogens (tertiary/aromatic N) is 4. The molecule has 0 unspecified atom stereocenters. The Morgan fingerprint density at radius 1 is 1.32 bits per heavy atom. The van der Waals surface area contributed by atoms with Gasteiger partial charge in [-0.1, -0.05) is 0 Å². The zero-order chi connectivity index (χ0) is 20.3. The molecule has 3 aromatic heterocycles. The van der Waals surface area contributed by atoms with E-state index in [9.17, 15) is 14.4 Å². The predicted molar refractivity (Wildman–Crippen MR) is 105 cm³/mol. The molecule has 1 atom stereocenters. The second-order valence-corrected chi connectivity index (χ2v) is 7.17. The average molecular weight is 400 g/mol. The van der Waals surface area contributed by atoms with Gasteiger partial charge in [-0.05, 0) is 19.9 Å². The summed E-state index contributed by atoms with van der Waals surface area (Å²) in [6, 6.07) is 2.45. The highest BCUT2D eigenvalue weighted by Gasteiger charge is 2.17. The van der Waals surface area contributed by atoms with Crippen LogP contribution in [0.25, 0.3) is 0 Å². The quantitative estimate of drug-likeness (QED) is 0.651. The van der Waals surface area contributed by atoms with Gasteiger partial charge in [-0.2, -0.15) is 5.10 Å². The summed E-state index contributed by atoms with van der Waals surface area (Å²) in [6.07, 6.45) is 4.66. The van der Waals surface area contributed by atoms with Crippen molar-refractivity contribution in [2.24, 2.45) is 7.05 Å². The number of pyridine rings is 1. The van der Waals surface area contributed by atoms with Crippen molar-refractivity contribution in [3.8, 4) is 0 Å². The molecule has 10 heteroatoms.